The number of nitrogens with one attached hydrogen (secondary N) is 1. The van der Waals surface area contributed by atoms with Crippen molar-refractivity contribution in [3.8, 4) is 0 Å². The predicted octanol–water partition coefficient (Wildman–Crippen LogP) is 7.21. The number of nitrogens with two attached hydrogens (primary N) is 1. The molecule has 30 heavy (non-hydrogen) atoms. The molecule has 0 saturated heterocycles. The zero-order valence-corrected chi connectivity index (χ0v) is 18.9. The SMILES string of the molecule is CC=Cc1ncc(NC(=O)C2CCCCCCC2)c(C2CCCCCCCC2)c1N. The van der Waals surface area contributed by atoms with Crippen LogP contribution < -0.4 is 11.1 Å². The van der Waals surface area contributed by atoms with Gasteiger partial charge in [-0.2, -0.15) is 0 Å². The van der Waals surface area contributed by atoms with Crippen LogP contribution in [0.4, 0.5) is 11.4 Å². The monoisotopic (exact) mass is 411 g/mol. The van der Waals surface area contributed by atoms with E-state index in [9.17, 15) is 4.79 Å². The molecule has 2 aliphatic rings. The van der Waals surface area contributed by atoms with Gasteiger partial charge in [0.15, 0.2) is 0 Å². The number of allylic oxidation sites excluding steroid dienone is 1. The molecule has 2 fully saturated rings. The van der Waals surface area contributed by atoms with Crippen LogP contribution in [0.2, 0.25) is 0 Å². The number of nitrogen functional groups attached to an aromatic ring is 1. The fraction of sp³-hybridized carbons (Fsp3) is 0.692. The molecule has 4 nitrogen and oxygen atoms in total. The Morgan fingerprint density at radius 1 is 0.933 bits per heavy atom. The highest BCUT2D eigenvalue weighted by molar-refractivity contribution is 5.94. The smallest absolute Gasteiger partial charge is 0.227 e. The van der Waals surface area contributed by atoms with Crippen molar-refractivity contribution in [3.63, 3.8) is 0 Å². The maximum Gasteiger partial charge on any atom is 0.227 e. The lowest BCUT2D eigenvalue weighted by molar-refractivity contribution is -0.120. The maximum absolute atomic E-state index is 13.2. The van der Waals surface area contributed by atoms with Crippen LogP contribution >= 0.6 is 0 Å². The van der Waals surface area contributed by atoms with Gasteiger partial charge < -0.3 is 11.1 Å². The highest BCUT2D eigenvalue weighted by atomic mass is 16.1. The molecule has 0 bridgehead atoms. The molecule has 0 atom stereocenters. The Bertz CT molecular complexity index is 694. The third kappa shape index (κ3) is 6.33. The third-order valence-corrected chi connectivity index (χ3v) is 7.01. The minimum atomic E-state index is 0.120. The molecule has 3 N–H and O–H groups in total. The van der Waals surface area contributed by atoms with Gasteiger partial charge in [0, 0.05) is 11.5 Å². The van der Waals surface area contributed by atoms with E-state index in [1.807, 2.05) is 25.3 Å². The Morgan fingerprint density at radius 3 is 2.03 bits per heavy atom. The van der Waals surface area contributed by atoms with Crippen molar-refractivity contribution >= 4 is 23.4 Å². The molecule has 2 aliphatic carbocycles. The fourth-order valence-corrected chi connectivity index (χ4v) is 5.26. The Kier molecular flexibility index (Phi) is 9.23. The topological polar surface area (TPSA) is 68.0 Å². The van der Waals surface area contributed by atoms with E-state index < -0.39 is 0 Å². The normalized spacial score (nSPS) is 20.7. The lowest BCUT2D eigenvalue weighted by atomic mass is 9.86. The molecular weight excluding hydrogens is 370 g/mol. The van der Waals surface area contributed by atoms with Gasteiger partial charge in [0.05, 0.1) is 23.3 Å². The van der Waals surface area contributed by atoms with E-state index in [1.54, 1.807) is 0 Å². The van der Waals surface area contributed by atoms with Crippen molar-refractivity contribution in [3.05, 3.63) is 23.5 Å². The second-order valence-corrected chi connectivity index (χ2v) is 9.31. The summed E-state index contributed by atoms with van der Waals surface area (Å²) in [5.41, 5.74) is 10.2. The summed E-state index contributed by atoms with van der Waals surface area (Å²) in [4.78, 5) is 17.8. The first-order chi connectivity index (χ1) is 14.7. The highest BCUT2D eigenvalue weighted by Crippen LogP contribution is 2.39. The Morgan fingerprint density at radius 2 is 1.47 bits per heavy atom. The first-order valence-corrected chi connectivity index (χ1v) is 12.4. The number of anilines is 2. The van der Waals surface area contributed by atoms with Crippen molar-refractivity contribution in [2.75, 3.05) is 11.1 Å². The summed E-state index contributed by atoms with van der Waals surface area (Å²) < 4.78 is 0. The largest absolute Gasteiger partial charge is 0.397 e. The first-order valence-electron chi connectivity index (χ1n) is 12.4. The standard InChI is InChI=1S/C26H41N3O/c1-2-14-22-25(27)24(20-15-10-6-3-4-7-11-16-20)23(19-28-22)29-26(30)21-17-12-8-5-9-13-18-21/h2,14,19-21H,3-13,15-18,27H2,1H3,(H,29,30). The Hall–Kier alpha value is -1.84. The number of aromatic nitrogens is 1. The second-order valence-electron chi connectivity index (χ2n) is 9.31. The molecule has 2 saturated carbocycles. The lowest BCUT2D eigenvalue weighted by Crippen LogP contribution is -2.25. The second kappa shape index (κ2) is 12.1. The van der Waals surface area contributed by atoms with Gasteiger partial charge in [-0.25, -0.2) is 0 Å². The summed E-state index contributed by atoms with van der Waals surface area (Å²) in [5, 5.41) is 3.28. The van der Waals surface area contributed by atoms with Crippen LogP contribution in [0.25, 0.3) is 6.08 Å². The number of hydrogen-bond donors (Lipinski definition) is 2. The zero-order valence-electron chi connectivity index (χ0n) is 18.9. The molecule has 0 spiro atoms. The maximum atomic E-state index is 13.2. The van der Waals surface area contributed by atoms with Gasteiger partial charge in [0.2, 0.25) is 5.91 Å². The van der Waals surface area contributed by atoms with Crippen LogP contribution in [-0.4, -0.2) is 10.9 Å². The highest BCUT2D eigenvalue weighted by Gasteiger charge is 2.25. The molecule has 0 unspecified atom stereocenters. The molecule has 1 aromatic rings. The molecule has 3 rings (SSSR count). The molecule has 166 valence electrons. The van der Waals surface area contributed by atoms with Crippen LogP contribution in [0, 0.1) is 5.92 Å². The van der Waals surface area contributed by atoms with Gasteiger partial charge in [-0.3, -0.25) is 9.78 Å². The van der Waals surface area contributed by atoms with E-state index in [4.69, 9.17) is 5.73 Å². The van der Waals surface area contributed by atoms with Crippen LogP contribution in [0.15, 0.2) is 12.3 Å². The zero-order chi connectivity index (χ0) is 21.2. The van der Waals surface area contributed by atoms with E-state index >= 15 is 0 Å². The average molecular weight is 412 g/mol. The Balaban J connectivity index is 1.86. The predicted molar refractivity (Wildman–Crippen MR) is 127 cm³/mol. The van der Waals surface area contributed by atoms with E-state index in [1.165, 1.54) is 57.8 Å². The first kappa shape index (κ1) is 22.8. The number of amides is 1. The fourth-order valence-electron chi connectivity index (χ4n) is 5.26. The van der Waals surface area contributed by atoms with Crippen molar-refractivity contribution in [1.82, 2.24) is 4.98 Å². The van der Waals surface area contributed by atoms with Gasteiger partial charge in [-0.15, -0.1) is 0 Å². The van der Waals surface area contributed by atoms with Gasteiger partial charge >= 0.3 is 0 Å². The number of rotatable bonds is 4. The molecule has 0 aliphatic heterocycles. The van der Waals surface area contributed by atoms with Gasteiger partial charge in [-0.05, 0) is 44.6 Å². The van der Waals surface area contributed by atoms with Crippen LogP contribution in [0.3, 0.4) is 0 Å². The van der Waals surface area contributed by atoms with Crippen LogP contribution in [0.5, 0.6) is 0 Å². The summed E-state index contributed by atoms with van der Waals surface area (Å²) >= 11 is 0. The molecule has 4 heteroatoms. The number of hydrogen-bond acceptors (Lipinski definition) is 3. The number of carbonyl (C=O) groups is 1. The summed E-state index contributed by atoms with van der Waals surface area (Å²) in [6.07, 6.45) is 24.0. The number of nitrogens with zero attached hydrogens (tertiary/aromatic N) is 1. The van der Waals surface area contributed by atoms with Gasteiger partial charge in [0.1, 0.15) is 0 Å². The Labute approximate surface area is 183 Å². The quantitative estimate of drug-likeness (QED) is 0.550. The van der Waals surface area contributed by atoms with E-state index in [2.05, 4.69) is 10.3 Å². The minimum absolute atomic E-state index is 0.120. The lowest BCUT2D eigenvalue weighted by Gasteiger charge is -2.25. The molecule has 1 aromatic heterocycles. The van der Waals surface area contributed by atoms with E-state index in [0.717, 1.165) is 61.2 Å². The molecule has 0 aromatic carbocycles. The minimum Gasteiger partial charge on any atom is -0.397 e. The van der Waals surface area contributed by atoms with Crippen LogP contribution in [0.1, 0.15) is 120 Å². The summed E-state index contributed by atoms with van der Waals surface area (Å²) in [5.74, 6) is 0.694. The van der Waals surface area contributed by atoms with Gasteiger partial charge in [0.25, 0.3) is 0 Å². The van der Waals surface area contributed by atoms with Crippen molar-refractivity contribution in [1.29, 1.82) is 0 Å². The van der Waals surface area contributed by atoms with E-state index in [0.29, 0.717) is 5.92 Å². The van der Waals surface area contributed by atoms with Gasteiger partial charge in [-0.1, -0.05) is 76.7 Å². The summed E-state index contributed by atoms with van der Waals surface area (Å²) in [6, 6.07) is 0. The van der Waals surface area contributed by atoms with E-state index in [-0.39, 0.29) is 11.8 Å². The summed E-state index contributed by atoms with van der Waals surface area (Å²) in [6.45, 7) is 1.99. The van der Waals surface area contributed by atoms with Crippen LogP contribution in [-0.2, 0) is 4.79 Å². The number of pyridine rings is 1. The molecule has 1 amide bonds. The van der Waals surface area contributed by atoms with Crippen molar-refractivity contribution < 1.29 is 4.79 Å². The third-order valence-electron chi connectivity index (χ3n) is 7.01. The number of carbonyl (C=O) groups excluding carboxylic acids is 1. The van der Waals surface area contributed by atoms with Crippen molar-refractivity contribution in [2.45, 2.75) is 109 Å². The molecular formula is C26H41N3O. The summed E-state index contributed by atoms with van der Waals surface area (Å²) in [7, 11) is 0. The molecule has 1 heterocycles. The van der Waals surface area contributed by atoms with Crippen molar-refractivity contribution in [2.24, 2.45) is 5.92 Å². The average Bonchev–Trinajstić information content (AvgIpc) is 2.84. The molecule has 0 radical (unpaired) electrons.